The Bertz CT molecular complexity index is 1430. The first-order valence-electron chi connectivity index (χ1n) is 10.9. The molecule has 0 atom stereocenters. The molecular weight excluding hydrogens is 430 g/mol. The maximum absolute atomic E-state index is 12.7. The molecule has 8 nitrogen and oxygen atoms in total. The first-order chi connectivity index (χ1) is 16.6. The molecule has 1 N–H and O–H groups in total. The minimum Gasteiger partial charge on any atom is -0.489 e. The van der Waals surface area contributed by atoms with Gasteiger partial charge in [0.15, 0.2) is 0 Å². The highest BCUT2D eigenvalue weighted by molar-refractivity contribution is 5.94. The van der Waals surface area contributed by atoms with Crippen molar-refractivity contribution < 1.29 is 14.1 Å². The third-order valence-electron chi connectivity index (χ3n) is 5.62. The quantitative estimate of drug-likeness (QED) is 0.389. The topological polar surface area (TPSA) is 95.1 Å². The lowest BCUT2D eigenvalue weighted by atomic mass is 10.2. The largest absolute Gasteiger partial charge is 0.489 e. The monoisotopic (exact) mass is 453 g/mol. The lowest BCUT2D eigenvalue weighted by Crippen LogP contribution is -2.22. The van der Waals surface area contributed by atoms with Crippen LogP contribution in [0, 0.1) is 13.8 Å². The standard InChI is InChI=1S/C26H23N5O3/c1-17-22(18(2)34-30-17)15-33-21-7-5-6-20(12-21)26(32)28-14-19-10-11-25(27-13-19)31-16-29-23-8-3-4-9-24(23)31/h3-13,16H,14-15H2,1-2H3,(H,28,32). The van der Waals surface area contributed by atoms with Gasteiger partial charge in [0.2, 0.25) is 0 Å². The zero-order valence-electron chi connectivity index (χ0n) is 18.9. The number of aryl methyl sites for hydroxylation is 2. The Hall–Kier alpha value is -4.46. The predicted octanol–water partition coefficient (Wildman–Crippen LogP) is 4.53. The number of rotatable bonds is 7. The van der Waals surface area contributed by atoms with Gasteiger partial charge >= 0.3 is 0 Å². The van der Waals surface area contributed by atoms with E-state index >= 15 is 0 Å². The molecule has 0 fully saturated rings. The molecule has 5 rings (SSSR count). The Balaban J connectivity index is 1.21. The second-order valence-electron chi connectivity index (χ2n) is 7.93. The number of ether oxygens (including phenoxy) is 1. The van der Waals surface area contributed by atoms with E-state index in [0.29, 0.717) is 24.5 Å². The van der Waals surface area contributed by atoms with Gasteiger partial charge in [0.1, 0.15) is 30.3 Å². The highest BCUT2D eigenvalue weighted by Gasteiger charge is 2.11. The number of nitrogens with one attached hydrogen (secondary N) is 1. The van der Waals surface area contributed by atoms with Gasteiger partial charge in [-0.15, -0.1) is 0 Å². The van der Waals surface area contributed by atoms with Crippen LogP contribution in [0.3, 0.4) is 0 Å². The first kappa shape index (κ1) is 21.4. The average molecular weight is 454 g/mol. The minimum absolute atomic E-state index is 0.188. The number of hydrogen-bond acceptors (Lipinski definition) is 6. The van der Waals surface area contributed by atoms with Crippen molar-refractivity contribution >= 4 is 16.9 Å². The van der Waals surface area contributed by atoms with Crippen molar-refractivity contribution in [3.8, 4) is 11.6 Å². The molecule has 0 unspecified atom stereocenters. The van der Waals surface area contributed by atoms with Gasteiger partial charge in [-0.05, 0) is 55.8 Å². The molecule has 1 amide bonds. The van der Waals surface area contributed by atoms with Crippen LogP contribution in [0.15, 0.2) is 77.7 Å². The molecule has 0 saturated carbocycles. The number of aromatic nitrogens is 4. The summed E-state index contributed by atoms with van der Waals surface area (Å²) in [7, 11) is 0. The Morgan fingerprint density at radius 3 is 2.74 bits per heavy atom. The smallest absolute Gasteiger partial charge is 0.251 e. The lowest BCUT2D eigenvalue weighted by molar-refractivity contribution is 0.0950. The summed E-state index contributed by atoms with van der Waals surface area (Å²) in [4.78, 5) is 21.6. The van der Waals surface area contributed by atoms with Crippen LogP contribution in [0.5, 0.6) is 5.75 Å². The van der Waals surface area contributed by atoms with E-state index in [9.17, 15) is 4.79 Å². The Labute approximate surface area is 196 Å². The van der Waals surface area contributed by atoms with Gasteiger partial charge in [0.25, 0.3) is 5.91 Å². The third-order valence-corrected chi connectivity index (χ3v) is 5.62. The highest BCUT2D eigenvalue weighted by Crippen LogP contribution is 2.19. The van der Waals surface area contributed by atoms with Crippen molar-refractivity contribution in [1.82, 2.24) is 25.0 Å². The first-order valence-corrected chi connectivity index (χ1v) is 10.9. The van der Waals surface area contributed by atoms with Crippen LogP contribution in [0.1, 0.15) is 32.9 Å². The van der Waals surface area contributed by atoms with Crippen LogP contribution >= 0.6 is 0 Å². The Morgan fingerprint density at radius 1 is 1.06 bits per heavy atom. The van der Waals surface area contributed by atoms with E-state index in [0.717, 1.165) is 39.4 Å². The molecular formula is C26H23N5O3. The van der Waals surface area contributed by atoms with E-state index in [2.05, 4.69) is 20.4 Å². The van der Waals surface area contributed by atoms with Crippen LogP contribution in [0.4, 0.5) is 0 Å². The van der Waals surface area contributed by atoms with Crippen molar-refractivity contribution in [2.24, 2.45) is 0 Å². The summed E-state index contributed by atoms with van der Waals surface area (Å²) in [5.41, 5.74) is 5.03. The van der Waals surface area contributed by atoms with E-state index in [4.69, 9.17) is 9.26 Å². The van der Waals surface area contributed by atoms with Gasteiger partial charge in [0, 0.05) is 18.3 Å². The van der Waals surface area contributed by atoms with Crippen LogP contribution < -0.4 is 10.1 Å². The summed E-state index contributed by atoms with van der Waals surface area (Å²) >= 11 is 0. The molecule has 0 bridgehead atoms. The van der Waals surface area contributed by atoms with Gasteiger partial charge in [-0.2, -0.15) is 0 Å². The molecule has 0 aliphatic heterocycles. The fourth-order valence-corrected chi connectivity index (χ4v) is 3.68. The van der Waals surface area contributed by atoms with Gasteiger partial charge in [-0.25, -0.2) is 9.97 Å². The van der Waals surface area contributed by atoms with E-state index < -0.39 is 0 Å². The lowest BCUT2D eigenvalue weighted by Gasteiger charge is -2.09. The zero-order valence-corrected chi connectivity index (χ0v) is 18.9. The van der Waals surface area contributed by atoms with Crippen molar-refractivity contribution in [2.75, 3.05) is 0 Å². The molecule has 0 radical (unpaired) electrons. The molecule has 2 aromatic carbocycles. The molecule has 0 spiro atoms. The predicted molar refractivity (Wildman–Crippen MR) is 127 cm³/mol. The van der Waals surface area contributed by atoms with Crippen molar-refractivity contribution in [3.63, 3.8) is 0 Å². The number of para-hydroxylation sites is 2. The number of carbonyl (C=O) groups is 1. The summed E-state index contributed by atoms with van der Waals surface area (Å²) in [5, 5.41) is 6.87. The van der Waals surface area contributed by atoms with Crippen molar-refractivity contribution in [3.05, 3.63) is 101 Å². The number of pyridine rings is 1. The number of benzene rings is 2. The fourth-order valence-electron chi connectivity index (χ4n) is 3.68. The molecule has 0 saturated heterocycles. The summed E-state index contributed by atoms with van der Waals surface area (Å²) in [6.07, 6.45) is 3.52. The second-order valence-corrected chi connectivity index (χ2v) is 7.93. The Morgan fingerprint density at radius 2 is 1.94 bits per heavy atom. The van der Waals surface area contributed by atoms with Gasteiger partial charge in [-0.1, -0.05) is 29.4 Å². The highest BCUT2D eigenvalue weighted by atomic mass is 16.5. The zero-order chi connectivity index (χ0) is 23.5. The number of fused-ring (bicyclic) bond motifs is 1. The van der Waals surface area contributed by atoms with Gasteiger partial charge in [0.05, 0.1) is 22.3 Å². The minimum atomic E-state index is -0.188. The molecule has 8 heteroatoms. The number of hydrogen-bond donors (Lipinski definition) is 1. The van der Waals surface area contributed by atoms with Gasteiger partial charge in [-0.3, -0.25) is 9.36 Å². The van der Waals surface area contributed by atoms with Crippen LogP contribution in [0.25, 0.3) is 16.9 Å². The average Bonchev–Trinajstić information content (AvgIpc) is 3.44. The number of imidazole rings is 1. The molecule has 34 heavy (non-hydrogen) atoms. The van der Waals surface area contributed by atoms with Crippen molar-refractivity contribution in [2.45, 2.75) is 27.0 Å². The maximum Gasteiger partial charge on any atom is 0.251 e. The summed E-state index contributed by atoms with van der Waals surface area (Å²) in [6, 6.07) is 18.8. The fraction of sp³-hybridized carbons (Fsp3) is 0.154. The van der Waals surface area contributed by atoms with Crippen molar-refractivity contribution in [1.29, 1.82) is 0 Å². The molecule has 0 aliphatic carbocycles. The van der Waals surface area contributed by atoms with E-state index in [-0.39, 0.29) is 5.91 Å². The van der Waals surface area contributed by atoms with Crippen LogP contribution in [-0.2, 0) is 13.2 Å². The molecule has 5 aromatic rings. The summed E-state index contributed by atoms with van der Waals surface area (Å²) < 4.78 is 12.9. The van der Waals surface area contributed by atoms with Crippen LogP contribution in [0.2, 0.25) is 0 Å². The SMILES string of the molecule is Cc1noc(C)c1COc1cccc(C(=O)NCc2ccc(-n3cnc4ccccc43)nc2)c1. The molecule has 0 aliphatic rings. The van der Waals surface area contributed by atoms with E-state index in [1.54, 1.807) is 30.7 Å². The Kier molecular flexibility index (Phi) is 5.78. The number of nitrogens with zero attached hydrogens (tertiary/aromatic N) is 4. The van der Waals surface area contributed by atoms with E-state index in [1.165, 1.54) is 0 Å². The third kappa shape index (κ3) is 4.38. The van der Waals surface area contributed by atoms with Crippen LogP contribution in [-0.4, -0.2) is 25.6 Å². The van der Waals surface area contributed by atoms with Gasteiger partial charge < -0.3 is 14.6 Å². The number of amides is 1. The molecule has 3 aromatic heterocycles. The summed E-state index contributed by atoms with van der Waals surface area (Å²) in [6.45, 7) is 4.41. The molecule has 170 valence electrons. The second kappa shape index (κ2) is 9.19. The summed E-state index contributed by atoms with van der Waals surface area (Å²) in [5.74, 6) is 1.91. The number of carbonyl (C=O) groups excluding carboxylic acids is 1. The maximum atomic E-state index is 12.7. The van der Waals surface area contributed by atoms with E-state index in [1.807, 2.05) is 60.9 Å². The molecule has 3 heterocycles. The normalized spacial score (nSPS) is 11.0.